The topological polar surface area (TPSA) is 32.8 Å². The van der Waals surface area contributed by atoms with E-state index in [-0.39, 0.29) is 17.8 Å². The number of rotatable bonds is 4. The number of likely N-dealkylation sites (tertiary alicyclic amines) is 1. The van der Waals surface area contributed by atoms with Crippen molar-refractivity contribution in [1.82, 2.24) is 9.80 Å². The van der Waals surface area contributed by atoms with Gasteiger partial charge >= 0.3 is 0 Å². The number of carbonyl (C=O) groups is 1. The van der Waals surface area contributed by atoms with E-state index in [0.29, 0.717) is 13.0 Å². The minimum Gasteiger partial charge on any atom is -0.371 e. The molecule has 0 spiro atoms. The van der Waals surface area contributed by atoms with Crippen molar-refractivity contribution in [3.8, 4) is 0 Å². The third kappa shape index (κ3) is 3.84. The third-order valence-electron chi connectivity index (χ3n) is 4.49. The van der Waals surface area contributed by atoms with E-state index in [4.69, 9.17) is 4.74 Å². The second-order valence-corrected chi connectivity index (χ2v) is 6.05. The lowest BCUT2D eigenvalue weighted by Crippen LogP contribution is -2.40. The lowest BCUT2D eigenvalue weighted by molar-refractivity contribution is -0.131. The van der Waals surface area contributed by atoms with Crippen LogP contribution in [0.25, 0.3) is 0 Å². The van der Waals surface area contributed by atoms with Crippen LogP contribution in [0.2, 0.25) is 0 Å². The summed E-state index contributed by atoms with van der Waals surface area (Å²) >= 11 is 0. The predicted molar refractivity (Wildman–Crippen MR) is 82.0 cm³/mol. The first-order valence-electron chi connectivity index (χ1n) is 8.09. The van der Waals surface area contributed by atoms with Crippen LogP contribution < -0.4 is 0 Å². The molecule has 3 rings (SSSR count). The molecule has 1 aromatic carbocycles. The highest BCUT2D eigenvalue weighted by molar-refractivity contribution is 5.76. The Morgan fingerprint density at radius 2 is 1.91 bits per heavy atom. The Morgan fingerprint density at radius 1 is 1.18 bits per heavy atom. The van der Waals surface area contributed by atoms with Crippen LogP contribution in [0.15, 0.2) is 24.3 Å². The summed E-state index contributed by atoms with van der Waals surface area (Å²) in [6, 6.07) is 6.49. The molecule has 22 heavy (non-hydrogen) atoms. The quantitative estimate of drug-likeness (QED) is 0.855. The molecule has 2 fully saturated rings. The number of amides is 1. The zero-order chi connectivity index (χ0) is 15.4. The van der Waals surface area contributed by atoms with Gasteiger partial charge < -0.3 is 9.64 Å². The molecule has 0 N–H and O–H groups in total. The van der Waals surface area contributed by atoms with Gasteiger partial charge in [-0.05, 0) is 30.5 Å². The number of carbonyl (C=O) groups excluding carboxylic acids is 1. The number of nitrogens with zero attached hydrogens (tertiary/aromatic N) is 2. The Labute approximate surface area is 130 Å². The highest BCUT2D eigenvalue weighted by Gasteiger charge is 2.24. The smallest absolute Gasteiger partial charge is 0.223 e. The van der Waals surface area contributed by atoms with Crippen molar-refractivity contribution in [2.45, 2.75) is 25.4 Å². The van der Waals surface area contributed by atoms with Crippen molar-refractivity contribution in [2.75, 3.05) is 39.3 Å². The van der Waals surface area contributed by atoms with E-state index < -0.39 is 0 Å². The molecule has 4 nitrogen and oxygen atoms in total. The van der Waals surface area contributed by atoms with E-state index in [2.05, 4.69) is 4.90 Å². The van der Waals surface area contributed by atoms with E-state index in [1.807, 2.05) is 4.90 Å². The normalized spacial score (nSPS) is 23.0. The van der Waals surface area contributed by atoms with Gasteiger partial charge in [0.2, 0.25) is 5.91 Å². The fraction of sp³-hybridized carbons (Fsp3) is 0.588. The second-order valence-electron chi connectivity index (χ2n) is 6.05. The average Bonchev–Trinajstić information content (AvgIpc) is 3.08. The molecule has 0 saturated carbocycles. The van der Waals surface area contributed by atoms with E-state index >= 15 is 0 Å². The summed E-state index contributed by atoms with van der Waals surface area (Å²) in [5.41, 5.74) is 0.997. The molecule has 0 radical (unpaired) electrons. The Hall–Kier alpha value is -1.46. The summed E-state index contributed by atoms with van der Waals surface area (Å²) in [5, 5.41) is 0. The molecule has 1 unspecified atom stereocenters. The molecule has 2 saturated heterocycles. The monoisotopic (exact) mass is 306 g/mol. The van der Waals surface area contributed by atoms with Gasteiger partial charge in [-0.2, -0.15) is 0 Å². The molecule has 0 bridgehead atoms. The van der Waals surface area contributed by atoms with Crippen LogP contribution in [0.5, 0.6) is 0 Å². The van der Waals surface area contributed by atoms with Crippen LogP contribution in [-0.4, -0.2) is 55.0 Å². The van der Waals surface area contributed by atoms with E-state index in [1.54, 1.807) is 12.1 Å². The number of benzene rings is 1. The maximum absolute atomic E-state index is 13.0. The summed E-state index contributed by atoms with van der Waals surface area (Å²) < 4.78 is 18.8. The average molecular weight is 306 g/mol. The zero-order valence-corrected chi connectivity index (χ0v) is 12.8. The molecular formula is C17H23FN2O2. The molecule has 0 aromatic heterocycles. The third-order valence-corrected chi connectivity index (χ3v) is 4.49. The van der Waals surface area contributed by atoms with Crippen molar-refractivity contribution in [2.24, 2.45) is 0 Å². The highest BCUT2D eigenvalue weighted by Crippen LogP contribution is 2.22. The predicted octanol–water partition coefficient (Wildman–Crippen LogP) is 2.21. The van der Waals surface area contributed by atoms with Crippen molar-refractivity contribution >= 4 is 5.91 Å². The van der Waals surface area contributed by atoms with Gasteiger partial charge in [-0.15, -0.1) is 0 Å². The van der Waals surface area contributed by atoms with Crippen LogP contribution in [0.3, 0.4) is 0 Å². The largest absolute Gasteiger partial charge is 0.371 e. The Kier molecular flexibility index (Phi) is 5.05. The zero-order valence-electron chi connectivity index (χ0n) is 12.8. The van der Waals surface area contributed by atoms with E-state index in [9.17, 15) is 9.18 Å². The van der Waals surface area contributed by atoms with Gasteiger partial charge in [0, 0.05) is 39.1 Å². The minimum absolute atomic E-state index is 0.0313. The first-order chi connectivity index (χ1) is 10.7. The Morgan fingerprint density at radius 3 is 2.64 bits per heavy atom. The number of hydrogen-bond donors (Lipinski definition) is 0. The van der Waals surface area contributed by atoms with E-state index in [1.165, 1.54) is 12.1 Å². The molecule has 2 heterocycles. The molecule has 1 aromatic rings. The molecule has 120 valence electrons. The molecular weight excluding hydrogens is 283 g/mol. The van der Waals surface area contributed by atoms with Gasteiger partial charge in [0.15, 0.2) is 0 Å². The van der Waals surface area contributed by atoms with Crippen molar-refractivity contribution in [1.29, 1.82) is 0 Å². The van der Waals surface area contributed by atoms with Crippen molar-refractivity contribution in [3.05, 3.63) is 35.6 Å². The van der Waals surface area contributed by atoms with Gasteiger partial charge in [0.1, 0.15) is 5.82 Å². The molecule has 1 amide bonds. The van der Waals surface area contributed by atoms with Gasteiger partial charge in [-0.25, -0.2) is 4.39 Å². The van der Waals surface area contributed by atoms with Gasteiger partial charge in [-0.1, -0.05) is 12.1 Å². The summed E-state index contributed by atoms with van der Waals surface area (Å²) in [4.78, 5) is 16.3. The number of hydrogen-bond acceptors (Lipinski definition) is 3. The molecule has 5 heteroatoms. The molecule has 2 aliphatic rings. The number of ether oxygens (including phenoxy) is 1. The minimum atomic E-state index is -0.229. The van der Waals surface area contributed by atoms with Crippen molar-refractivity contribution in [3.63, 3.8) is 0 Å². The van der Waals surface area contributed by atoms with Crippen LogP contribution in [0.4, 0.5) is 4.39 Å². The molecule has 2 aliphatic heterocycles. The Bertz CT molecular complexity index is 500. The number of morpholine rings is 1. The summed E-state index contributed by atoms with van der Waals surface area (Å²) in [5.74, 6) is 0.0370. The second kappa shape index (κ2) is 7.20. The van der Waals surface area contributed by atoms with Crippen LogP contribution in [-0.2, 0) is 9.53 Å². The maximum atomic E-state index is 13.0. The fourth-order valence-corrected chi connectivity index (χ4v) is 3.16. The van der Waals surface area contributed by atoms with Gasteiger partial charge in [0.05, 0.1) is 12.7 Å². The summed E-state index contributed by atoms with van der Waals surface area (Å²) in [7, 11) is 0. The Balaban J connectivity index is 1.50. The summed E-state index contributed by atoms with van der Waals surface area (Å²) in [6.45, 7) is 4.88. The van der Waals surface area contributed by atoms with Gasteiger partial charge in [0.25, 0.3) is 0 Å². The first-order valence-corrected chi connectivity index (χ1v) is 8.09. The first kappa shape index (κ1) is 15.4. The fourth-order valence-electron chi connectivity index (χ4n) is 3.16. The lowest BCUT2D eigenvalue weighted by atomic mass is 10.1. The molecule has 1 atom stereocenters. The van der Waals surface area contributed by atoms with Crippen molar-refractivity contribution < 1.29 is 13.9 Å². The van der Waals surface area contributed by atoms with Crippen LogP contribution in [0.1, 0.15) is 30.9 Å². The highest BCUT2D eigenvalue weighted by atomic mass is 19.1. The lowest BCUT2D eigenvalue weighted by Gasteiger charge is -2.33. The standard InChI is InChI=1S/C17H23FN2O2/c18-15-5-3-14(4-6-15)16-13-19(11-12-22-16)10-7-17(21)20-8-1-2-9-20/h3-6,16H,1-2,7-13H2. The van der Waals surface area contributed by atoms with E-state index in [0.717, 1.165) is 51.1 Å². The van der Waals surface area contributed by atoms with Gasteiger partial charge in [-0.3, -0.25) is 9.69 Å². The number of halogens is 1. The van der Waals surface area contributed by atoms with Crippen LogP contribution in [0, 0.1) is 5.82 Å². The molecule has 0 aliphatic carbocycles. The van der Waals surface area contributed by atoms with Crippen LogP contribution >= 0.6 is 0 Å². The maximum Gasteiger partial charge on any atom is 0.223 e. The summed E-state index contributed by atoms with van der Waals surface area (Å²) in [6.07, 6.45) is 2.82. The SMILES string of the molecule is O=C(CCN1CCOC(c2ccc(F)cc2)C1)N1CCCC1.